The van der Waals surface area contributed by atoms with Crippen molar-refractivity contribution in [3.8, 4) is 5.75 Å². The van der Waals surface area contributed by atoms with E-state index < -0.39 is 12.2 Å². The maximum Gasteiger partial charge on any atom is 0.411 e. The lowest BCUT2D eigenvalue weighted by atomic mass is 10.2. The molecular formula is C17H16N2O4. The van der Waals surface area contributed by atoms with Gasteiger partial charge in [-0.05, 0) is 30.7 Å². The van der Waals surface area contributed by atoms with E-state index in [1.807, 2.05) is 30.3 Å². The van der Waals surface area contributed by atoms with Gasteiger partial charge >= 0.3 is 6.09 Å². The van der Waals surface area contributed by atoms with Crippen LogP contribution in [0.15, 0.2) is 48.5 Å². The van der Waals surface area contributed by atoms with E-state index in [4.69, 9.17) is 9.47 Å². The molecule has 0 saturated carbocycles. The van der Waals surface area contributed by atoms with Crippen LogP contribution in [0.5, 0.6) is 5.75 Å². The molecule has 1 atom stereocenters. The topological polar surface area (TPSA) is 76.7 Å². The van der Waals surface area contributed by atoms with Crippen molar-refractivity contribution in [1.29, 1.82) is 0 Å². The number of nitrogens with one attached hydrogen (secondary N) is 2. The highest BCUT2D eigenvalue weighted by molar-refractivity contribution is 5.98. The molecule has 0 saturated heterocycles. The van der Waals surface area contributed by atoms with Gasteiger partial charge in [-0.2, -0.15) is 0 Å². The van der Waals surface area contributed by atoms with Gasteiger partial charge in [-0.25, -0.2) is 4.79 Å². The van der Waals surface area contributed by atoms with Crippen molar-refractivity contribution in [2.75, 3.05) is 10.6 Å². The molecule has 23 heavy (non-hydrogen) atoms. The van der Waals surface area contributed by atoms with Crippen molar-refractivity contribution in [3.05, 3.63) is 54.1 Å². The fraction of sp³-hybridized carbons (Fsp3) is 0.176. The molecule has 0 aliphatic carbocycles. The van der Waals surface area contributed by atoms with Crippen LogP contribution >= 0.6 is 0 Å². The Hall–Kier alpha value is -3.02. The molecule has 6 nitrogen and oxygen atoms in total. The minimum absolute atomic E-state index is 0.189. The van der Waals surface area contributed by atoms with Gasteiger partial charge in [-0.3, -0.25) is 10.1 Å². The molecule has 2 amide bonds. The highest BCUT2D eigenvalue weighted by Gasteiger charge is 2.23. The number of carbonyl (C=O) groups is 2. The highest BCUT2D eigenvalue weighted by Crippen LogP contribution is 2.32. The zero-order valence-electron chi connectivity index (χ0n) is 12.5. The van der Waals surface area contributed by atoms with Gasteiger partial charge in [0.2, 0.25) is 0 Å². The number of hydrogen-bond donors (Lipinski definition) is 2. The van der Waals surface area contributed by atoms with Gasteiger partial charge in [-0.15, -0.1) is 0 Å². The number of amides is 2. The molecule has 0 fully saturated rings. The van der Waals surface area contributed by atoms with Crippen LogP contribution in [0, 0.1) is 0 Å². The summed E-state index contributed by atoms with van der Waals surface area (Å²) in [6.07, 6.45) is -1.10. The van der Waals surface area contributed by atoms with Gasteiger partial charge in [-0.1, -0.05) is 30.3 Å². The predicted octanol–water partition coefficient (Wildman–Crippen LogP) is 3.15. The second kappa shape index (κ2) is 6.39. The van der Waals surface area contributed by atoms with Crippen molar-refractivity contribution in [3.63, 3.8) is 0 Å². The number of benzene rings is 2. The largest absolute Gasteiger partial charge is 0.479 e. The van der Waals surface area contributed by atoms with Gasteiger partial charge < -0.3 is 14.8 Å². The van der Waals surface area contributed by atoms with E-state index in [-0.39, 0.29) is 12.5 Å². The average molecular weight is 312 g/mol. The van der Waals surface area contributed by atoms with Crippen LogP contribution in [0.1, 0.15) is 12.5 Å². The normalized spacial score (nSPS) is 15.9. The minimum Gasteiger partial charge on any atom is -0.479 e. The fourth-order valence-electron chi connectivity index (χ4n) is 2.16. The fourth-order valence-corrected chi connectivity index (χ4v) is 2.16. The Balaban J connectivity index is 1.61. The first kappa shape index (κ1) is 14.9. The van der Waals surface area contributed by atoms with Crippen LogP contribution in [0.2, 0.25) is 0 Å². The Morgan fingerprint density at radius 3 is 2.83 bits per heavy atom. The molecule has 1 unspecified atom stereocenters. The van der Waals surface area contributed by atoms with E-state index in [2.05, 4.69) is 10.6 Å². The zero-order chi connectivity index (χ0) is 16.2. The third-order valence-corrected chi connectivity index (χ3v) is 3.37. The molecule has 1 aliphatic rings. The van der Waals surface area contributed by atoms with Gasteiger partial charge in [0.15, 0.2) is 6.10 Å². The lowest BCUT2D eigenvalue weighted by Crippen LogP contribution is -2.34. The molecule has 2 N–H and O–H groups in total. The lowest BCUT2D eigenvalue weighted by Gasteiger charge is -2.23. The maximum absolute atomic E-state index is 11.8. The summed E-state index contributed by atoms with van der Waals surface area (Å²) in [5.74, 6) is 0.349. The number of fused-ring (bicyclic) bond motifs is 1. The standard InChI is InChI=1S/C17H16N2O4/c1-11-16(20)19-14-9-13(7-8-15(14)23-11)18-17(21)22-10-12-5-3-2-4-6-12/h2-9,11H,10H2,1H3,(H,18,21)(H,19,20). The quantitative estimate of drug-likeness (QED) is 0.912. The SMILES string of the molecule is CC1Oc2ccc(NC(=O)OCc3ccccc3)cc2NC1=O. The Kier molecular flexibility index (Phi) is 4.14. The Labute approximate surface area is 133 Å². The summed E-state index contributed by atoms with van der Waals surface area (Å²) < 4.78 is 10.6. The van der Waals surface area contributed by atoms with Gasteiger partial charge in [0.1, 0.15) is 12.4 Å². The van der Waals surface area contributed by atoms with Gasteiger partial charge in [0.05, 0.1) is 5.69 Å². The van der Waals surface area contributed by atoms with E-state index >= 15 is 0 Å². The van der Waals surface area contributed by atoms with E-state index in [1.165, 1.54) is 0 Å². The number of carbonyl (C=O) groups excluding carboxylic acids is 2. The zero-order valence-corrected chi connectivity index (χ0v) is 12.5. The van der Waals surface area contributed by atoms with Crippen molar-refractivity contribution in [1.82, 2.24) is 0 Å². The summed E-state index contributed by atoms with van der Waals surface area (Å²) in [7, 11) is 0. The number of anilines is 2. The van der Waals surface area contributed by atoms with Crippen LogP contribution in [-0.2, 0) is 16.1 Å². The summed E-state index contributed by atoms with van der Waals surface area (Å²) in [4.78, 5) is 23.4. The van der Waals surface area contributed by atoms with E-state index in [1.54, 1.807) is 25.1 Å². The van der Waals surface area contributed by atoms with Gasteiger partial charge in [0.25, 0.3) is 5.91 Å². The smallest absolute Gasteiger partial charge is 0.411 e. The number of ether oxygens (including phenoxy) is 2. The molecule has 0 spiro atoms. The summed E-state index contributed by atoms with van der Waals surface area (Å²) in [6.45, 7) is 1.86. The van der Waals surface area contributed by atoms with Crippen LogP contribution < -0.4 is 15.4 Å². The molecule has 0 bridgehead atoms. The first-order valence-corrected chi connectivity index (χ1v) is 7.21. The van der Waals surface area contributed by atoms with E-state index in [0.29, 0.717) is 17.1 Å². The predicted molar refractivity (Wildman–Crippen MR) is 85.4 cm³/mol. The molecule has 6 heteroatoms. The third-order valence-electron chi connectivity index (χ3n) is 3.37. The van der Waals surface area contributed by atoms with E-state index in [9.17, 15) is 9.59 Å². The minimum atomic E-state index is -0.565. The summed E-state index contributed by atoms with van der Waals surface area (Å²) in [5, 5.41) is 5.35. The molecule has 1 heterocycles. The monoisotopic (exact) mass is 312 g/mol. The molecule has 0 aromatic heterocycles. The average Bonchev–Trinajstić information content (AvgIpc) is 2.55. The van der Waals surface area contributed by atoms with Crippen molar-refractivity contribution in [2.24, 2.45) is 0 Å². The summed E-state index contributed by atoms with van der Waals surface area (Å²) in [6, 6.07) is 14.4. The van der Waals surface area contributed by atoms with E-state index in [0.717, 1.165) is 5.56 Å². The first-order chi connectivity index (χ1) is 11.1. The molecule has 0 radical (unpaired) electrons. The maximum atomic E-state index is 11.8. The van der Waals surface area contributed by atoms with Crippen LogP contribution in [0.3, 0.4) is 0 Å². The van der Waals surface area contributed by atoms with Crippen LogP contribution in [0.25, 0.3) is 0 Å². The molecule has 1 aliphatic heterocycles. The van der Waals surface area contributed by atoms with Crippen molar-refractivity contribution in [2.45, 2.75) is 19.6 Å². The molecule has 2 aromatic rings. The Morgan fingerprint density at radius 2 is 2.04 bits per heavy atom. The molecular weight excluding hydrogens is 296 g/mol. The highest BCUT2D eigenvalue weighted by atomic mass is 16.5. The molecule has 118 valence electrons. The van der Waals surface area contributed by atoms with Crippen molar-refractivity contribution < 1.29 is 19.1 Å². The Morgan fingerprint density at radius 1 is 1.26 bits per heavy atom. The second-order valence-electron chi connectivity index (χ2n) is 5.15. The van der Waals surface area contributed by atoms with Crippen molar-refractivity contribution >= 4 is 23.4 Å². The molecule has 3 rings (SSSR count). The Bertz CT molecular complexity index is 731. The second-order valence-corrected chi connectivity index (χ2v) is 5.15. The van der Waals surface area contributed by atoms with Crippen LogP contribution in [0.4, 0.5) is 16.2 Å². The van der Waals surface area contributed by atoms with Gasteiger partial charge in [0, 0.05) is 5.69 Å². The number of rotatable bonds is 3. The summed E-state index contributed by atoms with van der Waals surface area (Å²) >= 11 is 0. The first-order valence-electron chi connectivity index (χ1n) is 7.21. The third kappa shape index (κ3) is 3.60. The molecule has 2 aromatic carbocycles. The van der Waals surface area contributed by atoms with Crippen LogP contribution in [-0.4, -0.2) is 18.1 Å². The summed E-state index contributed by atoms with van der Waals surface area (Å²) in [5.41, 5.74) is 1.94. The lowest BCUT2D eigenvalue weighted by molar-refractivity contribution is -0.122. The number of hydrogen-bond acceptors (Lipinski definition) is 4.